The lowest BCUT2D eigenvalue weighted by atomic mass is 10.1. The monoisotopic (exact) mass is 308 g/mol. The zero-order chi connectivity index (χ0) is 15.9. The first kappa shape index (κ1) is 13.1. The van der Waals surface area contributed by atoms with Crippen molar-refractivity contribution in [3.05, 3.63) is 85.3 Å². The molecule has 0 unspecified atom stereocenters. The number of fused-ring (bicyclic) bond motifs is 6. The molecule has 0 spiro atoms. The molecule has 0 saturated heterocycles. The molecule has 0 bridgehead atoms. The highest BCUT2D eigenvalue weighted by Crippen LogP contribution is 2.25. The van der Waals surface area contributed by atoms with Crippen molar-refractivity contribution >= 4 is 27.5 Å². The van der Waals surface area contributed by atoms with E-state index in [1.54, 1.807) is 0 Å². The summed E-state index contributed by atoms with van der Waals surface area (Å²) >= 11 is 0. The van der Waals surface area contributed by atoms with Gasteiger partial charge in [0.2, 0.25) is 11.0 Å². The maximum atomic E-state index is 4.58. The predicted octanol–water partition coefficient (Wildman–Crippen LogP) is 4.19. The summed E-state index contributed by atoms with van der Waals surface area (Å²) in [6.45, 7) is 0. The maximum Gasteiger partial charge on any atom is 0.239 e. The Hall–Kier alpha value is -3.33. The molecule has 0 radical (unpaired) electrons. The Morgan fingerprint density at radius 3 is 2.25 bits per heavy atom. The molecule has 5 rings (SSSR count). The van der Waals surface area contributed by atoms with Crippen molar-refractivity contribution in [2.75, 3.05) is 0 Å². The van der Waals surface area contributed by atoms with E-state index < -0.39 is 0 Å². The molecule has 3 nitrogen and oxygen atoms in total. The highest BCUT2D eigenvalue weighted by molar-refractivity contribution is 6.05. The van der Waals surface area contributed by atoms with Crippen molar-refractivity contribution in [2.24, 2.45) is 0 Å². The third kappa shape index (κ3) is 1.88. The van der Waals surface area contributed by atoms with E-state index in [9.17, 15) is 0 Å². The average molecular weight is 308 g/mol. The van der Waals surface area contributed by atoms with Crippen molar-refractivity contribution in [1.29, 1.82) is 0 Å². The molecule has 0 fully saturated rings. The molecule has 0 aliphatic heterocycles. The van der Waals surface area contributed by atoms with E-state index in [2.05, 4.69) is 69.1 Å². The van der Waals surface area contributed by atoms with Gasteiger partial charge in [0, 0.05) is 30.1 Å². The molecule has 0 atom stereocenters. The molecular weight excluding hydrogens is 294 g/mol. The van der Waals surface area contributed by atoms with Gasteiger partial charge in [-0.25, -0.2) is 4.98 Å². The Morgan fingerprint density at radius 1 is 0.583 bits per heavy atom. The summed E-state index contributed by atoms with van der Waals surface area (Å²) in [7, 11) is 0. The number of pyridine rings is 4. The molecule has 3 heteroatoms. The molecule has 0 saturated carbocycles. The van der Waals surface area contributed by atoms with Gasteiger partial charge in [0.05, 0.1) is 5.39 Å². The number of nitrogens with zero attached hydrogens (tertiary/aromatic N) is 3. The van der Waals surface area contributed by atoms with Crippen LogP contribution < -0.4 is 4.40 Å². The molecule has 0 aliphatic rings. The lowest BCUT2D eigenvalue weighted by Crippen LogP contribution is -2.23. The van der Waals surface area contributed by atoms with Crippen LogP contribution in [-0.4, -0.2) is 9.97 Å². The van der Waals surface area contributed by atoms with Gasteiger partial charge >= 0.3 is 0 Å². The second-order valence-electron chi connectivity index (χ2n) is 5.81. The van der Waals surface area contributed by atoms with Crippen LogP contribution in [0.25, 0.3) is 38.6 Å². The quantitative estimate of drug-likeness (QED) is 0.343. The molecule has 5 aromatic rings. The normalized spacial score (nSPS) is 11.3. The van der Waals surface area contributed by atoms with Crippen LogP contribution in [0.3, 0.4) is 0 Å². The second kappa shape index (κ2) is 5.10. The highest BCUT2D eigenvalue weighted by Gasteiger charge is 2.17. The SMILES string of the molecule is c1ccc(-c2ccc3c4cccnc4c4ncccc4[n+]3c2)cc1. The standard InChI is InChI=1S/C21H14N3/c1-2-6-15(7-3-1)16-10-11-18-17-8-4-12-22-20(17)21-19(24(18)14-16)9-5-13-23-21/h1-14H/q+1. The van der Waals surface area contributed by atoms with E-state index in [1.807, 2.05) is 30.6 Å². The summed E-state index contributed by atoms with van der Waals surface area (Å²) in [6, 6.07) is 22.9. The van der Waals surface area contributed by atoms with Gasteiger partial charge in [-0.2, -0.15) is 4.40 Å². The second-order valence-corrected chi connectivity index (χ2v) is 5.81. The van der Waals surface area contributed by atoms with Gasteiger partial charge in [-0.1, -0.05) is 30.3 Å². The third-order valence-corrected chi connectivity index (χ3v) is 4.41. The Kier molecular flexibility index (Phi) is 2.79. The molecule has 0 amide bonds. The molecule has 24 heavy (non-hydrogen) atoms. The fourth-order valence-electron chi connectivity index (χ4n) is 3.30. The Balaban J connectivity index is 1.96. The third-order valence-electron chi connectivity index (χ3n) is 4.41. The highest BCUT2D eigenvalue weighted by atomic mass is 14.9. The summed E-state index contributed by atoms with van der Waals surface area (Å²) in [4.78, 5) is 9.14. The number of hydrogen-bond acceptors (Lipinski definition) is 2. The molecule has 1 aromatic carbocycles. The lowest BCUT2D eigenvalue weighted by molar-refractivity contribution is -0.479. The maximum absolute atomic E-state index is 4.58. The van der Waals surface area contributed by atoms with Crippen molar-refractivity contribution in [2.45, 2.75) is 0 Å². The number of rotatable bonds is 1. The molecular formula is C21H14N3+. The van der Waals surface area contributed by atoms with Crippen molar-refractivity contribution in [1.82, 2.24) is 9.97 Å². The van der Waals surface area contributed by atoms with Crippen LogP contribution in [0.2, 0.25) is 0 Å². The van der Waals surface area contributed by atoms with Crippen LogP contribution in [0.15, 0.2) is 85.3 Å². The average Bonchev–Trinajstić information content (AvgIpc) is 2.68. The van der Waals surface area contributed by atoms with Gasteiger partial charge in [0.25, 0.3) is 0 Å². The largest absolute Gasteiger partial charge is 0.253 e. The first-order chi connectivity index (χ1) is 11.9. The van der Waals surface area contributed by atoms with Gasteiger partial charge in [0.1, 0.15) is 5.52 Å². The van der Waals surface area contributed by atoms with Crippen LogP contribution in [0, 0.1) is 0 Å². The van der Waals surface area contributed by atoms with Crippen LogP contribution >= 0.6 is 0 Å². The number of benzene rings is 1. The van der Waals surface area contributed by atoms with E-state index in [1.165, 1.54) is 11.1 Å². The fourth-order valence-corrected chi connectivity index (χ4v) is 3.30. The minimum Gasteiger partial charge on any atom is -0.253 e. The summed E-state index contributed by atoms with van der Waals surface area (Å²) in [5.74, 6) is 0. The van der Waals surface area contributed by atoms with Crippen LogP contribution in [-0.2, 0) is 0 Å². The molecule has 4 heterocycles. The Labute approximate surface area is 138 Å². The smallest absolute Gasteiger partial charge is 0.239 e. The fraction of sp³-hybridized carbons (Fsp3) is 0. The summed E-state index contributed by atoms with van der Waals surface area (Å²) in [5.41, 5.74) is 6.46. The van der Waals surface area contributed by atoms with Crippen molar-refractivity contribution in [3.63, 3.8) is 0 Å². The summed E-state index contributed by atoms with van der Waals surface area (Å²) in [6.07, 6.45) is 5.83. The Bertz CT molecular complexity index is 1160. The van der Waals surface area contributed by atoms with Crippen LogP contribution in [0.4, 0.5) is 0 Å². The molecule has 112 valence electrons. The van der Waals surface area contributed by atoms with Crippen molar-refractivity contribution < 1.29 is 4.40 Å². The first-order valence-electron chi connectivity index (χ1n) is 7.94. The van der Waals surface area contributed by atoms with E-state index in [0.717, 1.165) is 27.5 Å². The van der Waals surface area contributed by atoms with E-state index >= 15 is 0 Å². The predicted molar refractivity (Wildman–Crippen MR) is 95.6 cm³/mol. The van der Waals surface area contributed by atoms with Gasteiger partial charge in [-0.05, 0) is 29.8 Å². The van der Waals surface area contributed by atoms with Gasteiger partial charge in [-0.15, -0.1) is 0 Å². The van der Waals surface area contributed by atoms with Crippen LogP contribution in [0.1, 0.15) is 0 Å². The molecule has 0 aliphatic carbocycles. The zero-order valence-corrected chi connectivity index (χ0v) is 12.9. The summed E-state index contributed by atoms with van der Waals surface area (Å²) < 4.78 is 2.22. The topological polar surface area (TPSA) is 29.9 Å². The lowest BCUT2D eigenvalue weighted by Gasteiger charge is -2.04. The van der Waals surface area contributed by atoms with E-state index in [0.29, 0.717) is 0 Å². The van der Waals surface area contributed by atoms with E-state index in [4.69, 9.17) is 0 Å². The van der Waals surface area contributed by atoms with Gasteiger partial charge in [0.15, 0.2) is 11.7 Å². The number of hydrogen-bond donors (Lipinski definition) is 0. The van der Waals surface area contributed by atoms with Gasteiger partial charge < -0.3 is 0 Å². The number of aromatic nitrogens is 3. The molecule has 0 N–H and O–H groups in total. The first-order valence-corrected chi connectivity index (χ1v) is 7.94. The minimum absolute atomic E-state index is 0.927. The van der Waals surface area contributed by atoms with Crippen molar-refractivity contribution in [3.8, 4) is 11.1 Å². The summed E-state index contributed by atoms with van der Waals surface area (Å²) in [5, 5.41) is 1.11. The minimum atomic E-state index is 0.927. The van der Waals surface area contributed by atoms with Gasteiger partial charge in [-0.3, -0.25) is 4.98 Å². The molecule has 4 aromatic heterocycles. The van der Waals surface area contributed by atoms with E-state index in [-0.39, 0.29) is 0 Å². The van der Waals surface area contributed by atoms with Crippen LogP contribution in [0.5, 0.6) is 0 Å². The Morgan fingerprint density at radius 2 is 1.38 bits per heavy atom. The zero-order valence-electron chi connectivity index (χ0n) is 12.9.